The number of hydrogen-bond donors (Lipinski definition) is 5. The Morgan fingerprint density at radius 2 is 1.61 bits per heavy atom. The molecule has 82 heavy (non-hydrogen) atoms. The van der Waals surface area contributed by atoms with Gasteiger partial charge in [0.2, 0.25) is 23.6 Å². The monoisotopic (exact) mass is 1130 g/mol. The van der Waals surface area contributed by atoms with Gasteiger partial charge in [0, 0.05) is 107 Å². The smallest absolute Gasteiger partial charge is 0.246 e. The van der Waals surface area contributed by atoms with E-state index in [1.165, 1.54) is 4.90 Å². The lowest BCUT2D eigenvalue weighted by molar-refractivity contribution is -0.144. The molecule has 2 aromatic carbocycles. The minimum absolute atomic E-state index is 0.00747. The molecule has 432 valence electrons. The molecule has 5 aliphatic rings. The number of nitrogen functional groups attached to an aromatic ring is 1. The van der Waals surface area contributed by atoms with Crippen LogP contribution in [0.2, 0.25) is 0 Å². The Morgan fingerprint density at radius 3 is 2.30 bits per heavy atom. The van der Waals surface area contributed by atoms with Crippen molar-refractivity contribution in [3.63, 3.8) is 0 Å². The SMILES string of the molecule is Cc1ncsc1-c1ccc([C@H](C)NC(=O)[C@@H]2C[C@@H](O)CN2C(=O)[C@@H](NC(=O)CN2CCN(c3ccc(CCOC4CC(Oc5cc(N6C7CC[C@@H]6CN(c6cc(-c8ccccc8O)nnc6N)C7)ccn5)C4)cn3)CC2)C(C)(C)C)cc1. The van der Waals surface area contributed by atoms with Gasteiger partial charge in [-0.3, -0.25) is 19.3 Å². The summed E-state index contributed by atoms with van der Waals surface area (Å²) in [5.41, 5.74) is 14.7. The largest absolute Gasteiger partial charge is 0.507 e. The van der Waals surface area contributed by atoms with Gasteiger partial charge in [0.15, 0.2) is 5.82 Å². The number of likely N-dealkylation sites (tertiary alicyclic amines) is 1. The molecule has 0 spiro atoms. The number of thiazole rings is 1. The van der Waals surface area contributed by atoms with Crippen LogP contribution in [0.3, 0.4) is 0 Å². The fourth-order valence-electron chi connectivity index (χ4n) is 12.2. The first kappa shape index (κ1) is 56.4. The number of nitrogens with one attached hydrogen (secondary N) is 2. The summed E-state index contributed by atoms with van der Waals surface area (Å²) in [6, 6.07) is 23.8. The van der Waals surface area contributed by atoms with Crippen molar-refractivity contribution in [2.45, 2.75) is 122 Å². The number of pyridine rings is 2. The Morgan fingerprint density at radius 1 is 0.854 bits per heavy atom. The van der Waals surface area contributed by atoms with Gasteiger partial charge in [0.1, 0.15) is 29.8 Å². The molecule has 11 rings (SSSR count). The lowest BCUT2D eigenvalue weighted by atomic mass is 9.85. The van der Waals surface area contributed by atoms with Gasteiger partial charge in [-0.1, -0.05) is 63.2 Å². The summed E-state index contributed by atoms with van der Waals surface area (Å²) < 4.78 is 12.6. The van der Waals surface area contributed by atoms with Gasteiger partial charge in [-0.25, -0.2) is 15.0 Å². The summed E-state index contributed by atoms with van der Waals surface area (Å²) in [5.74, 6) is 1.04. The number of piperazine rings is 2. The normalized spacial score (nSPS) is 22.6. The molecule has 4 saturated heterocycles. The van der Waals surface area contributed by atoms with E-state index in [9.17, 15) is 24.6 Å². The van der Waals surface area contributed by atoms with Crippen LogP contribution in [0.1, 0.15) is 82.7 Å². The molecule has 8 heterocycles. The summed E-state index contributed by atoms with van der Waals surface area (Å²) in [6.45, 7) is 14.5. The predicted octanol–water partition coefficient (Wildman–Crippen LogP) is 6.17. The molecule has 1 unspecified atom stereocenters. The highest BCUT2D eigenvalue weighted by Gasteiger charge is 2.45. The van der Waals surface area contributed by atoms with E-state index >= 15 is 0 Å². The van der Waals surface area contributed by atoms with Crippen molar-refractivity contribution in [3.8, 4) is 33.3 Å². The van der Waals surface area contributed by atoms with Gasteiger partial charge in [0.25, 0.3) is 0 Å². The fraction of sp³-hybridized carbons (Fsp3) is 0.475. The Hall–Kier alpha value is -7.46. The average molecular weight is 1130 g/mol. The Bertz CT molecular complexity index is 3200. The number of aliphatic hydroxyl groups excluding tert-OH is 1. The standard InChI is InChI=1S/C61H75N13O7S/c1-37(40-11-13-41(14-12-40)56-38(2)65-36-82-56)66-59(78)51-27-45(75)34-73(51)60(79)57(61(3,4)5)67-54(77)35-70-21-23-71(24-22-70)53-17-10-39(31-64-53)19-25-80-46-28-47(29-46)81-55-26-42(18-20-63-55)74-43-15-16-44(74)33-72(32-43)50-30-49(68-69-58(50)62)48-8-6-7-9-52(48)76/h6-14,17-18,20,26,30-31,36-37,43-47,51,57,75-76H,15-16,19,21-25,27-29,32-35H2,1-5H3,(H2,62,69)(H,66,78)(H,67,77)/t37-,43+,44?,45+,46?,47?,51-,57+/m0/s1. The van der Waals surface area contributed by atoms with Crippen LogP contribution in [-0.2, 0) is 25.5 Å². The molecule has 0 radical (unpaired) electrons. The van der Waals surface area contributed by atoms with Crippen LogP contribution < -0.4 is 35.8 Å². The van der Waals surface area contributed by atoms with Gasteiger partial charge in [0.05, 0.1) is 58.9 Å². The maximum atomic E-state index is 14.3. The van der Waals surface area contributed by atoms with Gasteiger partial charge < -0.3 is 55.7 Å². The highest BCUT2D eigenvalue weighted by molar-refractivity contribution is 7.13. The quantitative estimate of drug-likeness (QED) is 0.0646. The molecule has 1 saturated carbocycles. The first-order chi connectivity index (χ1) is 39.5. The number of carbonyl (C=O) groups excluding carboxylic acids is 3. The third kappa shape index (κ3) is 12.6. The zero-order valence-corrected chi connectivity index (χ0v) is 48.2. The number of phenolic OH excluding ortho intramolecular Hbond substituents is 1. The molecule has 4 aromatic heterocycles. The van der Waals surface area contributed by atoms with Gasteiger partial charge >= 0.3 is 0 Å². The predicted molar refractivity (Wildman–Crippen MR) is 316 cm³/mol. The summed E-state index contributed by atoms with van der Waals surface area (Å²) in [4.78, 5) is 67.1. The van der Waals surface area contributed by atoms with Crippen molar-refractivity contribution in [2.24, 2.45) is 5.41 Å². The molecule has 6 aromatic rings. The van der Waals surface area contributed by atoms with E-state index in [0.717, 1.165) is 89.6 Å². The van der Waals surface area contributed by atoms with Crippen LogP contribution in [0.5, 0.6) is 11.6 Å². The minimum Gasteiger partial charge on any atom is -0.507 e. The first-order valence-electron chi connectivity index (χ1n) is 28.7. The number of hydrogen-bond acceptors (Lipinski definition) is 18. The Balaban J connectivity index is 0.592. The van der Waals surface area contributed by atoms with E-state index in [4.69, 9.17) is 20.2 Å². The summed E-state index contributed by atoms with van der Waals surface area (Å²) in [7, 11) is 0. The lowest BCUT2D eigenvalue weighted by Crippen LogP contribution is -2.59. The first-order valence-corrected chi connectivity index (χ1v) is 29.6. The highest BCUT2D eigenvalue weighted by Crippen LogP contribution is 2.40. The Kier molecular flexibility index (Phi) is 16.6. The van der Waals surface area contributed by atoms with Crippen LogP contribution in [0.4, 0.5) is 23.0 Å². The van der Waals surface area contributed by atoms with Crippen LogP contribution in [0.25, 0.3) is 21.7 Å². The van der Waals surface area contributed by atoms with Crippen molar-refractivity contribution in [1.82, 2.24) is 45.6 Å². The molecule has 3 amide bonds. The molecular formula is C61H75N13O7S. The molecule has 2 bridgehead atoms. The number of anilines is 4. The van der Waals surface area contributed by atoms with E-state index in [1.54, 1.807) is 23.5 Å². The number of aliphatic hydroxyl groups is 1. The van der Waals surface area contributed by atoms with E-state index in [1.807, 2.05) is 101 Å². The number of aromatic nitrogens is 5. The van der Waals surface area contributed by atoms with Crippen LogP contribution >= 0.6 is 11.3 Å². The third-order valence-electron chi connectivity index (χ3n) is 16.8. The topological polar surface area (TPSA) is 241 Å². The van der Waals surface area contributed by atoms with Crippen molar-refractivity contribution < 1.29 is 34.1 Å². The number of aromatic hydroxyl groups is 1. The second kappa shape index (κ2) is 24.2. The number of β-amino-alcohol motifs (C(OH)–C–C–N with tert-alkyl or cyclic N) is 1. The maximum Gasteiger partial charge on any atom is 0.246 e. The summed E-state index contributed by atoms with van der Waals surface area (Å²) in [5, 5.41) is 35.9. The number of rotatable bonds is 18. The van der Waals surface area contributed by atoms with Gasteiger partial charge in [-0.05, 0) is 85.5 Å². The zero-order chi connectivity index (χ0) is 57.2. The number of benzene rings is 2. The summed E-state index contributed by atoms with van der Waals surface area (Å²) >= 11 is 1.58. The highest BCUT2D eigenvalue weighted by atomic mass is 32.1. The number of nitrogens with two attached hydrogens (primary N) is 1. The van der Waals surface area contributed by atoms with Crippen molar-refractivity contribution in [3.05, 3.63) is 114 Å². The maximum absolute atomic E-state index is 14.3. The molecule has 4 aliphatic heterocycles. The minimum atomic E-state index is -0.911. The zero-order valence-electron chi connectivity index (χ0n) is 47.4. The van der Waals surface area contributed by atoms with E-state index in [-0.39, 0.29) is 73.3 Å². The molecule has 6 atom stereocenters. The molecule has 21 heteroatoms. The number of fused-ring (bicyclic) bond motifs is 2. The van der Waals surface area contributed by atoms with E-state index < -0.39 is 23.6 Å². The van der Waals surface area contributed by atoms with E-state index in [0.29, 0.717) is 55.7 Å². The van der Waals surface area contributed by atoms with Crippen molar-refractivity contribution in [2.75, 3.05) is 79.4 Å². The third-order valence-corrected chi connectivity index (χ3v) is 17.8. The van der Waals surface area contributed by atoms with Crippen molar-refractivity contribution >= 4 is 52.1 Å². The van der Waals surface area contributed by atoms with Crippen LogP contribution in [0, 0.1) is 12.3 Å². The number of amides is 3. The van der Waals surface area contributed by atoms with Gasteiger partial charge in [-0.2, -0.15) is 0 Å². The molecule has 5 fully saturated rings. The fourth-order valence-corrected chi connectivity index (χ4v) is 13.0. The van der Waals surface area contributed by atoms with Gasteiger partial charge in [-0.15, -0.1) is 21.5 Å². The number of nitrogens with zero attached hydrogens (tertiary/aromatic N) is 10. The van der Waals surface area contributed by atoms with E-state index in [2.05, 4.69) is 68.6 Å². The summed E-state index contributed by atoms with van der Waals surface area (Å²) in [6.07, 6.45) is 7.63. The molecule has 1 aliphatic carbocycles. The number of phenols is 1. The second-order valence-corrected chi connectivity index (χ2v) is 24.5. The molecule has 6 N–H and O–H groups in total. The number of carbonyl (C=O) groups is 3. The number of ether oxygens (including phenoxy) is 2. The Labute approximate surface area is 483 Å². The number of para-hydroxylation sites is 1. The lowest BCUT2D eigenvalue weighted by Gasteiger charge is -2.43. The second-order valence-electron chi connectivity index (χ2n) is 23.7. The average Bonchev–Trinajstić information content (AvgIpc) is 4.25. The van der Waals surface area contributed by atoms with Crippen LogP contribution in [-0.4, -0.2) is 164 Å². The molecular weight excluding hydrogens is 1060 g/mol. The van der Waals surface area contributed by atoms with Crippen LogP contribution in [0.15, 0.2) is 96.8 Å². The number of aryl methyl sites for hydroxylation is 1. The van der Waals surface area contributed by atoms with Crippen molar-refractivity contribution in [1.29, 1.82) is 0 Å². The molecule has 20 nitrogen and oxygen atoms in total.